The molecule has 88 valence electrons. The Morgan fingerprint density at radius 2 is 0.786 bits per heavy atom. The Bertz CT molecular complexity index is 271. The van der Waals surface area contributed by atoms with E-state index in [9.17, 15) is 0 Å². The van der Waals surface area contributed by atoms with Crippen molar-refractivity contribution in [3.8, 4) is 0 Å². The third-order valence-corrected chi connectivity index (χ3v) is 6.75. The maximum absolute atomic E-state index is 4.44. The average Bonchev–Trinajstić information content (AvgIpc) is 2.08. The summed E-state index contributed by atoms with van der Waals surface area (Å²) in [6.07, 6.45) is 0. The van der Waals surface area contributed by atoms with Crippen LogP contribution in [0.3, 0.4) is 0 Å². The fourth-order valence-corrected chi connectivity index (χ4v) is 2.76. The summed E-state index contributed by atoms with van der Waals surface area (Å²) in [4.78, 5) is 0. The van der Waals surface area contributed by atoms with Crippen LogP contribution in [0.1, 0.15) is 7.43 Å². The van der Waals surface area contributed by atoms with Crippen molar-refractivity contribution in [3.05, 3.63) is 0 Å². The molecule has 14 heavy (non-hydrogen) atoms. The van der Waals surface area contributed by atoms with E-state index >= 15 is 0 Å². The van der Waals surface area contributed by atoms with Gasteiger partial charge in [-0.15, -0.1) is 0 Å². The zero-order valence-corrected chi connectivity index (χ0v) is 15.1. The number of halogens is 1. The van der Waals surface area contributed by atoms with E-state index in [1.807, 2.05) is 0 Å². The molecule has 0 fully saturated rings. The molecule has 0 radical (unpaired) electrons. The maximum atomic E-state index is 4.44. The normalized spacial score (nSPS) is 4.29. The fourth-order valence-electron chi connectivity index (χ4n) is 0.0113. The Hall–Kier alpha value is 2.57. The second-order valence-corrected chi connectivity index (χ2v) is 11.0. The van der Waals surface area contributed by atoms with E-state index in [0.717, 1.165) is 8.88 Å². The summed E-state index contributed by atoms with van der Waals surface area (Å²) in [5, 5.41) is 0. The lowest BCUT2D eigenvalue weighted by Gasteiger charge is -1.22. The van der Waals surface area contributed by atoms with Gasteiger partial charge in [0, 0.05) is 120 Å². The first kappa shape index (κ1) is 30.0. The van der Waals surface area contributed by atoms with Crippen LogP contribution < -0.4 is 0 Å². The molecule has 0 aromatic carbocycles. The largest absolute Gasteiger partial charge is 0.269 e. The summed E-state index contributed by atoms with van der Waals surface area (Å²) in [5.74, 6) is 0. The SMILES string of the molecule is C.F.S=S=S.S=S=S=S.S=S=S=S=S. The second kappa shape index (κ2) is 45.0. The predicted molar refractivity (Wildman–Crippen MR) is 97.6 cm³/mol. The lowest BCUT2D eigenvalue weighted by Crippen LogP contribution is -1.23. The van der Waals surface area contributed by atoms with Gasteiger partial charge in [-0.3, -0.25) is 4.70 Å². The van der Waals surface area contributed by atoms with E-state index in [-0.39, 0.29) is 12.1 Å². The summed E-state index contributed by atoms with van der Waals surface area (Å²) in [7, 11) is 7.21. The van der Waals surface area contributed by atoms with Crippen LogP contribution in [0, 0.1) is 0 Å². The monoisotopic (exact) mass is 420 g/mol. The van der Waals surface area contributed by atoms with Crippen molar-refractivity contribution in [2.24, 2.45) is 0 Å². The van der Waals surface area contributed by atoms with Gasteiger partial charge < -0.3 is 0 Å². The van der Waals surface area contributed by atoms with Gasteiger partial charge in [0.15, 0.2) is 0 Å². The van der Waals surface area contributed by atoms with Gasteiger partial charge in [0.1, 0.15) is 0 Å². The molecule has 0 aromatic rings. The van der Waals surface area contributed by atoms with Gasteiger partial charge in [-0.25, -0.2) is 0 Å². The molecule has 0 aliphatic rings. The van der Waals surface area contributed by atoms with Gasteiger partial charge in [0.25, 0.3) is 0 Å². The minimum Gasteiger partial charge on any atom is -0.269 e. The van der Waals surface area contributed by atoms with Gasteiger partial charge in [-0.2, -0.15) is 0 Å². The summed E-state index contributed by atoms with van der Waals surface area (Å²) in [5.41, 5.74) is 0. The first-order chi connectivity index (χ1) is 5.74. The lowest BCUT2D eigenvalue weighted by molar-refractivity contribution is 1.11. The van der Waals surface area contributed by atoms with Gasteiger partial charge >= 0.3 is 0 Å². The third kappa shape index (κ3) is 86.5. The molecule has 0 aliphatic carbocycles. The highest BCUT2D eigenvalue weighted by molar-refractivity contribution is 8.59. The zero-order chi connectivity index (χ0) is 10.2. The van der Waals surface area contributed by atoms with Crippen LogP contribution in [0.25, 0.3) is 0 Å². The van der Waals surface area contributed by atoms with E-state index in [4.69, 9.17) is 0 Å². The molecule has 0 nitrogen and oxygen atoms in total. The Kier molecular flexibility index (Phi) is 96.5. The van der Waals surface area contributed by atoms with Gasteiger partial charge in [-0.1, -0.05) is 7.43 Å². The van der Waals surface area contributed by atoms with Crippen LogP contribution in [-0.4, -0.2) is 0 Å². The number of hydrogen-bond acceptors (Lipinski definition) is 6. The molecule has 0 rings (SSSR count). The van der Waals surface area contributed by atoms with E-state index in [0.29, 0.717) is 0 Å². The van der Waals surface area contributed by atoms with Crippen molar-refractivity contribution in [3.63, 3.8) is 0 Å². The summed E-state index contributed by atoms with van der Waals surface area (Å²) >= 11 is 25.8. The molecule has 0 aromatic heterocycles. The molecule has 13 heteroatoms. The van der Waals surface area contributed by atoms with Gasteiger partial charge in [0.05, 0.1) is 0 Å². The van der Waals surface area contributed by atoms with Crippen molar-refractivity contribution >= 4 is 120 Å². The Labute approximate surface area is 130 Å². The molecule has 0 saturated heterocycles. The maximum Gasteiger partial charge on any atom is 0 e. The highest BCUT2D eigenvalue weighted by atomic mass is 33.3. The second-order valence-electron chi connectivity index (χ2n) is 0.408. The Balaban J connectivity index is -0.0000000278. The zero-order valence-electron chi connectivity index (χ0n) is 5.31. The molecule has 0 heterocycles. The summed E-state index contributed by atoms with van der Waals surface area (Å²) < 4.78 is 0. The smallest absolute Gasteiger partial charge is 0 e. The quantitative estimate of drug-likeness (QED) is 0.563. The van der Waals surface area contributed by atoms with E-state index in [1.54, 1.807) is 0 Å². The third-order valence-electron chi connectivity index (χ3n) is 0.0833. The van der Waals surface area contributed by atoms with Gasteiger partial charge in [-0.05, 0) is 0 Å². The van der Waals surface area contributed by atoms with Crippen molar-refractivity contribution < 1.29 is 4.70 Å². The van der Waals surface area contributed by atoms with Crippen LogP contribution in [0.5, 0.6) is 0 Å². The lowest BCUT2D eigenvalue weighted by atomic mass is 12.0. The predicted octanol–water partition coefficient (Wildman–Crippen LogP) is 0.760. The molecule has 0 saturated carbocycles. The Morgan fingerprint density at radius 3 is 0.786 bits per heavy atom. The van der Waals surface area contributed by atoms with E-state index < -0.39 is 0 Å². The fraction of sp³-hybridized carbons (Fsp3) is 1.00. The average molecular weight is 421 g/mol. The highest BCUT2D eigenvalue weighted by Crippen LogP contribution is 1.22. The van der Waals surface area contributed by atoms with Crippen LogP contribution >= 0.6 is 0 Å². The van der Waals surface area contributed by atoms with Crippen molar-refractivity contribution in [2.45, 2.75) is 7.43 Å². The topological polar surface area (TPSA) is 0 Å². The molecule has 0 amide bonds. The standard InChI is InChI=1S/CH4.FH.S5.S4.S3/c;;1-3-5-4-2;1-3-4-2;1-3-2/h1H4;1H;;;. The minimum atomic E-state index is 0. The number of rotatable bonds is 0. The van der Waals surface area contributed by atoms with Crippen molar-refractivity contribution in [1.82, 2.24) is 0 Å². The molecular weight excluding hydrogens is 416 g/mol. The van der Waals surface area contributed by atoms with E-state index in [1.165, 1.54) is 44.4 Å². The molecule has 0 aliphatic heterocycles. The number of hydrogen-bond donors (Lipinski definition) is 0. The van der Waals surface area contributed by atoms with Crippen LogP contribution in [0.2, 0.25) is 0 Å². The first-order valence-electron chi connectivity index (χ1n) is 1.50. The summed E-state index contributed by atoms with van der Waals surface area (Å²) in [6.45, 7) is 0. The van der Waals surface area contributed by atoms with Crippen molar-refractivity contribution in [2.75, 3.05) is 0 Å². The van der Waals surface area contributed by atoms with Crippen LogP contribution in [0.4, 0.5) is 4.70 Å². The summed E-state index contributed by atoms with van der Waals surface area (Å²) in [6, 6.07) is 0. The molecular formula is CH5FS12. The molecule has 0 unspecified atom stereocenters. The molecule has 0 bridgehead atoms. The first-order valence-corrected chi connectivity index (χ1v) is 13.5. The Morgan fingerprint density at radius 1 is 0.571 bits per heavy atom. The van der Waals surface area contributed by atoms with Crippen LogP contribution in [-0.2, 0) is 120 Å². The molecule has 0 spiro atoms. The van der Waals surface area contributed by atoms with Crippen LogP contribution in [0.15, 0.2) is 0 Å². The van der Waals surface area contributed by atoms with E-state index in [2.05, 4.69) is 67.1 Å². The molecule has 0 atom stereocenters. The van der Waals surface area contributed by atoms with Gasteiger partial charge in [0.2, 0.25) is 0 Å². The minimum absolute atomic E-state index is 0. The highest BCUT2D eigenvalue weighted by Gasteiger charge is 1.23. The molecule has 0 N–H and O–H groups in total. The van der Waals surface area contributed by atoms with Crippen molar-refractivity contribution in [1.29, 1.82) is 0 Å².